The molecule has 0 aliphatic carbocycles. The van der Waals surface area contributed by atoms with Crippen molar-refractivity contribution in [2.45, 2.75) is 285 Å². The molecule has 92 heavy (non-hydrogen) atoms. The molecular formula is C79H131N3O9S. The molecule has 0 aliphatic rings. The number of carbonyl (C=O) groups is 5. The number of carbonyl (C=O) groups excluding carboxylic acids is 5. The summed E-state index contributed by atoms with van der Waals surface area (Å²) in [6.45, 7) is 14.4. The van der Waals surface area contributed by atoms with Crippen LogP contribution in [-0.2, 0) is 64.1 Å². The summed E-state index contributed by atoms with van der Waals surface area (Å²) in [7, 11) is 4.05. The molecule has 522 valence electrons. The molecule has 0 bridgehead atoms. The zero-order chi connectivity index (χ0) is 66.8. The Kier molecular flexibility index (Phi) is 59.8. The van der Waals surface area contributed by atoms with Gasteiger partial charge in [-0.2, -0.15) is 0 Å². The van der Waals surface area contributed by atoms with Gasteiger partial charge in [-0.1, -0.05) is 252 Å². The van der Waals surface area contributed by atoms with E-state index in [1.54, 1.807) is 0 Å². The Bertz CT molecular complexity index is 2230. The molecule has 1 amide bonds. The van der Waals surface area contributed by atoms with Crippen molar-refractivity contribution in [3.05, 3.63) is 119 Å². The van der Waals surface area contributed by atoms with Crippen LogP contribution in [-0.4, -0.2) is 105 Å². The first kappa shape index (κ1) is 85.0. The van der Waals surface area contributed by atoms with E-state index in [1.807, 2.05) is 49.4 Å². The summed E-state index contributed by atoms with van der Waals surface area (Å²) < 4.78 is 21.3. The van der Waals surface area contributed by atoms with Crippen LogP contribution in [0.3, 0.4) is 0 Å². The van der Waals surface area contributed by atoms with Crippen molar-refractivity contribution >= 4 is 40.9 Å². The monoisotopic (exact) mass is 1300 g/mol. The molecule has 0 aliphatic heterocycles. The second-order valence-electron chi connectivity index (χ2n) is 24.9. The SMILES string of the molecule is CCCCCC/C=C\COC(=O)CCCCCCCN(Cc1cccc(CCCC(=O)OC/C=C\CCCCCC)c1)C(=O)SCCN(C)C.CCCCCC/C=C\COC(=O)CCCCCCCNCc1cccc(CCCC(=O)OC/C=C\CCCCCC)c1. The lowest BCUT2D eigenvalue weighted by atomic mass is 10.0. The molecule has 0 aromatic heterocycles. The van der Waals surface area contributed by atoms with Crippen molar-refractivity contribution in [1.29, 1.82) is 0 Å². The Labute approximate surface area is 566 Å². The van der Waals surface area contributed by atoms with Crippen LogP contribution in [0, 0.1) is 0 Å². The molecular weight excluding hydrogens is 1170 g/mol. The summed E-state index contributed by atoms with van der Waals surface area (Å²) in [6, 6.07) is 17.0. The highest BCUT2D eigenvalue weighted by Gasteiger charge is 2.16. The molecule has 0 radical (unpaired) electrons. The van der Waals surface area contributed by atoms with Gasteiger partial charge in [0.05, 0.1) is 0 Å². The van der Waals surface area contributed by atoms with Gasteiger partial charge in [0.1, 0.15) is 26.4 Å². The number of amides is 1. The second-order valence-corrected chi connectivity index (χ2v) is 26.0. The average Bonchev–Trinajstić information content (AvgIpc) is 2.58. The summed E-state index contributed by atoms with van der Waals surface area (Å²) in [5.74, 6) is 0.299. The van der Waals surface area contributed by atoms with Gasteiger partial charge >= 0.3 is 23.9 Å². The highest BCUT2D eigenvalue weighted by atomic mass is 32.2. The fourth-order valence-corrected chi connectivity index (χ4v) is 11.2. The van der Waals surface area contributed by atoms with Crippen molar-refractivity contribution in [3.8, 4) is 0 Å². The highest BCUT2D eigenvalue weighted by molar-refractivity contribution is 8.13. The maximum Gasteiger partial charge on any atom is 0.306 e. The number of hydrogen-bond acceptors (Lipinski definition) is 12. The Morgan fingerprint density at radius 1 is 0.402 bits per heavy atom. The molecule has 0 spiro atoms. The minimum Gasteiger partial charge on any atom is -0.461 e. The van der Waals surface area contributed by atoms with Gasteiger partial charge in [-0.05, 0) is 146 Å². The minimum absolute atomic E-state index is 0.0781. The van der Waals surface area contributed by atoms with Gasteiger partial charge < -0.3 is 34.1 Å². The first-order valence-electron chi connectivity index (χ1n) is 36.7. The largest absolute Gasteiger partial charge is 0.461 e. The average molecular weight is 1300 g/mol. The van der Waals surface area contributed by atoms with Gasteiger partial charge in [0.2, 0.25) is 0 Å². The lowest BCUT2D eigenvalue weighted by Crippen LogP contribution is -2.29. The number of ether oxygens (including phenoxy) is 4. The number of nitrogens with one attached hydrogen (secondary N) is 1. The molecule has 12 nitrogen and oxygen atoms in total. The molecule has 0 unspecified atom stereocenters. The van der Waals surface area contributed by atoms with E-state index in [0.29, 0.717) is 65.2 Å². The third-order valence-corrected chi connectivity index (χ3v) is 16.8. The smallest absolute Gasteiger partial charge is 0.306 e. The van der Waals surface area contributed by atoms with Crippen molar-refractivity contribution < 1.29 is 42.9 Å². The molecule has 1 N–H and O–H groups in total. The predicted molar refractivity (Wildman–Crippen MR) is 388 cm³/mol. The Hall–Kier alpha value is -4.98. The first-order valence-corrected chi connectivity index (χ1v) is 37.6. The topological polar surface area (TPSA) is 141 Å². The molecule has 2 rings (SSSR count). The zero-order valence-electron chi connectivity index (χ0n) is 59.2. The molecule has 0 saturated carbocycles. The maximum absolute atomic E-state index is 13.2. The Morgan fingerprint density at radius 2 is 0.761 bits per heavy atom. The second kappa shape index (κ2) is 64.7. The van der Waals surface area contributed by atoms with Gasteiger partial charge in [0.15, 0.2) is 0 Å². The molecule has 2 aromatic carbocycles. The van der Waals surface area contributed by atoms with Crippen LogP contribution in [0.1, 0.15) is 281 Å². The van der Waals surface area contributed by atoms with Crippen LogP contribution in [0.25, 0.3) is 0 Å². The molecule has 13 heteroatoms. The third-order valence-electron chi connectivity index (χ3n) is 15.9. The summed E-state index contributed by atoms with van der Waals surface area (Å²) in [5, 5.41) is 3.66. The zero-order valence-corrected chi connectivity index (χ0v) is 60.0. The van der Waals surface area contributed by atoms with Crippen LogP contribution in [0.2, 0.25) is 0 Å². The standard InChI is InChI=1S/C42H70N2O5S.C37H61NO4/c1-5-7-9-11-13-18-22-33-48-40(45)29-20-16-15-17-21-31-44(42(47)50-35-32-43(3)4)37-39-28-24-26-38(36-39)27-25-30-41(46)49-34-23-19-14-12-10-8-6-2;1-3-5-7-9-11-16-20-30-41-36(39)27-18-14-13-15-19-29-38-33-35-26-22-24-34(32-35)25-23-28-37(40)42-31-21-17-12-10-8-6-4-2/h18-19,22-24,26,28,36H,5-17,20-21,25,27,29-35,37H2,1-4H3;16-17,20-22,24,26,32,38H,3-15,18-19,23,25,27-31,33H2,1-2H3/b22-18-,23-19-;20-16-,21-17-. The summed E-state index contributed by atoms with van der Waals surface area (Å²) in [5.41, 5.74) is 4.84. The maximum atomic E-state index is 13.2. The van der Waals surface area contributed by atoms with E-state index in [-0.39, 0.29) is 29.1 Å². The van der Waals surface area contributed by atoms with Crippen LogP contribution < -0.4 is 5.32 Å². The van der Waals surface area contributed by atoms with Crippen molar-refractivity contribution in [2.75, 3.05) is 65.9 Å². The van der Waals surface area contributed by atoms with Gasteiger partial charge in [-0.3, -0.25) is 24.0 Å². The van der Waals surface area contributed by atoms with E-state index < -0.39 is 0 Å². The number of benzene rings is 2. The third kappa shape index (κ3) is 56.6. The van der Waals surface area contributed by atoms with Gasteiger partial charge in [0.25, 0.3) is 5.24 Å². The molecule has 2 aromatic rings. The van der Waals surface area contributed by atoms with E-state index >= 15 is 0 Å². The summed E-state index contributed by atoms with van der Waals surface area (Å²) in [4.78, 5) is 65.4. The van der Waals surface area contributed by atoms with Gasteiger partial charge in [0, 0.05) is 57.6 Å². The number of allylic oxidation sites excluding steroid dienone is 4. The summed E-state index contributed by atoms with van der Waals surface area (Å²) >= 11 is 1.39. The van der Waals surface area contributed by atoms with E-state index in [9.17, 15) is 24.0 Å². The number of esters is 4. The number of hydrogen-bond donors (Lipinski definition) is 1. The number of thioether (sulfide) groups is 1. The number of unbranched alkanes of at least 4 members (excludes halogenated alkanes) is 24. The fourth-order valence-electron chi connectivity index (χ4n) is 10.3. The number of rotatable bonds is 59. The fraction of sp³-hybridized carbons (Fsp3) is 0.684. The van der Waals surface area contributed by atoms with E-state index in [0.717, 1.165) is 140 Å². The van der Waals surface area contributed by atoms with Crippen LogP contribution in [0.4, 0.5) is 4.79 Å². The van der Waals surface area contributed by atoms with E-state index in [4.69, 9.17) is 18.9 Å². The predicted octanol–water partition coefficient (Wildman–Crippen LogP) is 20.3. The van der Waals surface area contributed by atoms with Crippen molar-refractivity contribution in [1.82, 2.24) is 15.1 Å². The quantitative estimate of drug-likeness (QED) is 0.0292. The molecule has 0 atom stereocenters. The number of nitrogens with zero attached hydrogens (tertiary/aromatic N) is 2. The summed E-state index contributed by atoms with van der Waals surface area (Å²) in [6.07, 6.45) is 56.0. The molecule has 0 heterocycles. The van der Waals surface area contributed by atoms with Crippen LogP contribution >= 0.6 is 11.8 Å². The lowest BCUT2D eigenvalue weighted by molar-refractivity contribution is -0.143. The minimum atomic E-state index is -0.153. The Morgan fingerprint density at radius 3 is 1.18 bits per heavy atom. The number of aryl methyl sites for hydroxylation is 2. The van der Waals surface area contributed by atoms with Crippen molar-refractivity contribution in [3.63, 3.8) is 0 Å². The highest BCUT2D eigenvalue weighted by Crippen LogP contribution is 2.19. The van der Waals surface area contributed by atoms with Gasteiger partial charge in [-0.25, -0.2) is 0 Å². The van der Waals surface area contributed by atoms with Crippen LogP contribution in [0.15, 0.2) is 97.1 Å². The van der Waals surface area contributed by atoms with Crippen molar-refractivity contribution in [2.24, 2.45) is 0 Å². The van der Waals surface area contributed by atoms with E-state index in [2.05, 4.69) is 105 Å². The normalized spacial score (nSPS) is 11.5. The molecule has 0 fully saturated rings. The van der Waals surface area contributed by atoms with Crippen LogP contribution in [0.5, 0.6) is 0 Å². The first-order chi connectivity index (χ1) is 45.0. The van der Waals surface area contributed by atoms with E-state index in [1.165, 1.54) is 138 Å². The lowest BCUT2D eigenvalue weighted by Gasteiger charge is -2.23. The Balaban J connectivity index is 0.000000934. The molecule has 0 saturated heterocycles. The van der Waals surface area contributed by atoms with Gasteiger partial charge in [-0.15, -0.1) is 0 Å².